The summed E-state index contributed by atoms with van der Waals surface area (Å²) in [4.78, 5) is 9.02. The summed E-state index contributed by atoms with van der Waals surface area (Å²) < 4.78 is 0. The molecule has 0 bridgehead atoms. The Morgan fingerprint density at radius 2 is 0.966 bits per heavy atom. The van der Waals surface area contributed by atoms with E-state index in [9.17, 15) is 35.7 Å². The smallest absolute Gasteiger partial charge is 0.109 e. The van der Waals surface area contributed by atoms with Crippen molar-refractivity contribution in [3.05, 3.63) is 24.6 Å². The SMILES string of the molecule is C.C.C[C@H]1CC[C@](C)(C2CC[C@@]3(C)C(CC[C@@]3(O)C3=NC=CC3)[C@@H]2CO)[C@@H](CO)C1.C[C@]12CCC([C@@]3(C)CC[C@H](O)C[C@@H]3CO)[C@@H](CO)C1CC[C@@]2(O)C1=NC=CC1. The first-order valence-electron chi connectivity index (χ1n) is 22.6. The summed E-state index contributed by atoms with van der Waals surface area (Å²) in [6.07, 6.45) is 21.9. The minimum absolute atomic E-state index is 0. The number of nitrogens with zero attached hydrogens (tertiary/aromatic N) is 2. The zero-order chi connectivity index (χ0) is 40.3. The standard InChI is InChI=1S/C24H39NO3.C23H37NO4.2CH4/c1-16-6-9-22(2,17(13-16)14-26)19-7-10-23(3)20(18(19)15-27)8-11-24(23,28)21-5-4-12-25-21;1-21(8-5-16(27)12-15(21)13-25)18-6-9-22(2)19(17(18)14-26)7-10-23(22,28)20-4-3-11-24-20;;/h4,12,16-20,26-28H,5-11,13-15H2,1-3H3;3,11,15-19,25-28H,4-10,12-14H2,1-2H3;2*1H4/t16-,17+,18+,19?,20?,22-,23-,24+;15-,16+,17-,18?,19?,21+,22+,23-;;/m01../s1. The molecule has 8 rings (SSSR count). The molecule has 9 heteroatoms. The van der Waals surface area contributed by atoms with Crippen LogP contribution in [0.25, 0.3) is 0 Å². The van der Waals surface area contributed by atoms with Crippen LogP contribution in [0.2, 0.25) is 0 Å². The highest BCUT2D eigenvalue weighted by Gasteiger charge is 2.66. The molecule has 6 saturated carbocycles. The van der Waals surface area contributed by atoms with Crippen molar-refractivity contribution in [2.45, 2.75) is 170 Å². The van der Waals surface area contributed by atoms with E-state index in [4.69, 9.17) is 0 Å². The highest BCUT2D eigenvalue weighted by Crippen LogP contribution is 2.67. The molecule has 0 spiro atoms. The highest BCUT2D eigenvalue weighted by atomic mass is 16.3. The molecule has 58 heavy (non-hydrogen) atoms. The maximum absolute atomic E-state index is 11.8. The lowest BCUT2D eigenvalue weighted by Crippen LogP contribution is -2.58. The summed E-state index contributed by atoms with van der Waals surface area (Å²) in [5, 5.41) is 74.9. The number of hydrogen-bond acceptors (Lipinski definition) is 9. The van der Waals surface area contributed by atoms with Crippen molar-refractivity contribution in [1.82, 2.24) is 0 Å². The summed E-state index contributed by atoms with van der Waals surface area (Å²) in [7, 11) is 0. The maximum atomic E-state index is 11.8. The predicted octanol–water partition coefficient (Wildman–Crippen LogP) is 7.89. The van der Waals surface area contributed by atoms with Crippen LogP contribution in [0, 0.1) is 74.9 Å². The molecule has 6 aliphatic carbocycles. The van der Waals surface area contributed by atoms with Crippen molar-refractivity contribution in [3.63, 3.8) is 0 Å². The van der Waals surface area contributed by atoms with Crippen molar-refractivity contribution in [3.8, 4) is 0 Å². The molecule has 16 atom stereocenters. The van der Waals surface area contributed by atoms with Gasteiger partial charge in [-0.1, -0.05) is 68.0 Å². The molecule has 9 nitrogen and oxygen atoms in total. The largest absolute Gasteiger partial charge is 0.396 e. The summed E-state index contributed by atoms with van der Waals surface area (Å²) >= 11 is 0. The van der Waals surface area contributed by atoms with Crippen LogP contribution >= 0.6 is 0 Å². The van der Waals surface area contributed by atoms with Gasteiger partial charge in [0.15, 0.2) is 0 Å². The monoisotopic (exact) mass is 813 g/mol. The van der Waals surface area contributed by atoms with E-state index >= 15 is 0 Å². The fourth-order valence-electron chi connectivity index (χ4n) is 15.5. The Morgan fingerprint density at radius 3 is 1.36 bits per heavy atom. The summed E-state index contributed by atoms with van der Waals surface area (Å²) in [5.74, 6) is 2.71. The van der Waals surface area contributed by atoms with E-state index in [1.54, 1.807) is 6.20 Å². The van der Waals surface area contributed by atoms with Crippen LogP contribution in [0.5, 0.6) is 0 Å². The van der Waals surface area contributed by atoms with E-state index in [2.05, 4.69) is 44.6 Å². The van der Waals surface area contributed by atoms with E-state index in [0.717, 1.165) is 101 Å². The van der Waals surface area contributed by atoms with Crippen molar-refractivity contribution in [2.24, 2.45) is 84.9 Å². The first-order valence-corrected chi connectivity index (χ1v) is 22.6. The highest BCUT2D eigenvalue weighted by molar-refractivity contribution is 5.97. The number of hydrogen-bond donors (Lipinski definition) is 7. The molecular weight excluding hydrogens is 729 g/mol. The average Bonchev–Trinajstić information content (AvgIpc) is 4.02. The van der Waals surface area contributed by atoms with Crippen LogP contribution in [0.3, 0.4) is 0 Å². The normalized spacial score (nSPS) is 49.4. The number of allylic oxidation sites excluding steroid dienone is 2. The molecule has 2 heterocycles. The van der Waals surface area contributed by atoms with Gasteiger partial charge in [-0.2, -0.15) is 0 Å². The first-order chi connectivity index (χ1) is 26.6. The van der Waals surface area contributed by atoms with Gasteiger partial charge in [0.05, 0.1) is 17.5 Å². The topological polar surface area (TPSA) is 166 Å². The number of aliphatic imine (C=N–C) groups is 2. The summed E-state index contributed by atoms with van der Waals surface area (Å²) in [6, 6.07) is 0. The predicted molar refractivity (Wildman–Crippen MR) is 234 cm³/mol. The molecule has 4 unspecified atom stereocenters. The third-order valence-corrected chi connectivity index (χ3v) is 19.3. The lowest BCUT2D eigenvalue weighted by molar-refractivity contribution is -0.132. The van der Waals surface area contributed by atoms with Gasteiger partial charge in [0.1, 0.15) is 11.2 Å². The van der Waals surface area contributed by atoms with E-state index < -0.39 is 11.2 Å². The van der Waals surface area contributed by atoms with Crippen molar-refractivity contribution >= 4 is 11.4 Å². The Kier molecular flexibility index (Phi) is 14.5. The molecule has 0 radical (unpaired) electrons. The van der Waals surface area contributed by atoms with Crippen molar-refractivity contribution in [1.29, 1.82) is 0 Å². The van der Waals surface area contributed by atoms with E-state index in [1.807, 2.05) is 18.4 Å². The molecule has 0 saturated heterocycles. The summed E-state index contributed by atoms with van der Waals surface area (Å²) in [5.41, 5.74) is -0.349. The Morgan fingerprint density at radius 1 is 0.552 bits per heavy atom. The fraction of sp³-hybridized carbons (Fsp3) is 0.878. The van der Waals surface area contributed by atoms with E-state index in [0.29, 0.717) is 36.0 Å². The molecule has 2 aliphatic heterocycles. The number of aliphatic hydroxyl groups excluding tert-OH is 5. The number of rotatable bonds is 8. The molecule has 332 valence electrons. The Labute approximate surface area is 351 Å². The van der Waals surface area contributed by atoms with Crippen LogP contribution in [0.1, 0.15) is 152 Å². The van der Waals surface area contributed by atoms with Gasteiger partial charge in [-0.25, -0.2) is 0 Å². The molecule has 8 aliphatic rings. The fourth-order valence-corrected chi connectivity index (χ4v) is 15.5. The van der Waals surface area contributed by atoms with Gasteiger partial charge in [-0.05, 0) is 148 Å². The number of aliphatic hydroxyl groups is 7. The second kappa shape index (κ2) is 17.7. The summed E-state index contributed by atoms with van der Waals surface area (Å²) in [6.45, 7) is 12.1. The second-order valence-electron chi connectivity index (χ2n) is 21.2. The van der Waals surface area contributed by atoms with Crippen LogP contribution in [0.4, 0.5) is 0 Å². The van der Waals surface area contributed by atoms with Crippen LogP contribution in [-0.4, -0.2) is 90.9 Å². The maximum Gasteiger partial charge on any atom is 0.109 e. The quantitative estimate of drug-likeness (QED) is 0.131. The van der Waals surface area contributed by atoms with Gasteiger partial charge in [0.25, 0.3) is 0 Å². The van der Waals surface area contributed by atoms with Gasteiger partial charge in [0, 0.05) is 62.5 Å². The second-order valence-corrected chi connectivity index (χ2v) is 21.2. The Balaban J connectivity index is 0.000000214. The van der Waals surface area contributed by atoms with Crippen LogP contribution < -0.4 is 0 Å². The Hall–Kier alpha value is -1.46. The molecular formula is C49H84N2O7. The van der Waals surface area contributed by atoms with Crippen LogP contribution in [-0.2, 0) is 0 Å². The number of fused-ring (bicyclic) bond motifs is 2. The molecule has 6 fully saturated rings. The minimum atomic E-state index is -0.875. The molecule has 0 aromatic heterocycles. The van der Waals surface area contributed by atoms with Gasteiger partial charge in [-0.3, -0.25) is 9.98 Å². The van der Waals surface area contributed by atoms with Crippen LogP contribution in [0.15, 0.2) is 34.5 Å². The third kappa shape index (κ3) is 7.28. The van der Waals surface area contributed by atoms with Gasteiger partial charge in [0.2, 0.25) is 0 Å². The molecule has 0 aromatic rings. The van der Waals surface area contributed by atoms with Gasteiger partial charge >= 0.3 is 0 Å². The zero-order valence-corrected chi connectivity index (χ0v) is 35.2. The molecule has 7 N–H and O–H groups in total. The van der Waals surface area contributed by atoms with Gasteiger partial charge in [-0.15, -0.1) is 0 Å². The van der Waals surface area contributed by atoms with E-state index in [-0.39, 0.29) is 92.7 Å². The van der Waals surface area contributed by atoms with Gasteiger partial charge < -0.3 is 35.7 Å². The average molecular weight is 813 g/mol. The lowest BCUT2D eigenvalue weighted by atomic mass is 9.48. The van der Waals surface area contributed by atoms with E-state index in [1.165, 1.54) is 6.42 Å². The van der Waals surface area contributed by atoms with Crippen molar-refractivity contribution < 1.29 is 35.7 Å². The lowest BCUT2D eigenvalue weighted by Gasteiger charge is -2.58. The Bertz CT molecular complexity index is 1440. The molecule has 0 aromatic carbocycles. The third-order valence-electron chi connectivity index (χ3n) is 19.3. The zero-order valence-electron chi connectivity index (χ0n) is 35.2. The minimum Gasteiger partial charge on any atom is -0.396 e. The van der Waals surface area contributed by atoms with Crippen molar-refractivity contribution in [2.75, 3.05) is 26.4 Å². The first kappa shape index (κ1) is 47.6. The molecule has 0 amide bonds.